The number of aliphatic carboxylic acids is 1. The second-order valence-electron chi connectivity index (χ2n) is 3.77. The number of carbonyl (C=O) groups is 2. The molecule has 1 N–H and O–H groups in total. The summed E-state index contributed by atoms with van der Waals surface area (Å²) in [6.45, 7) is 0.430. The number of esters is 1. The zero-order valence-electron chi connectivity index (χ0n) is 10.7. The second kappa shape index (κ2) is 7.92. The number of methoxy groups -OCH3 is 1. The van der Waals surface area contributed by atoms with Gasteiger partial charge in [-0.25, -0.2) is 4.79 Å². The lowest BCUT2D eigenvalue weighted by Crippen LogP contribution is -2.04. The van der Waals surface area contributed by atoms with Gasteiger partial charge >= 0.3 is 11.9 Å². The number of carbonyl (C=O) groups excluding carboxylic acids is 1. The Labute approximate surface area is 111 Å². The van der Waals surface area contributed by atoms with E-state index in [1.165, 1.54) is 13.2 Å². The first-order valence-electron chi connectivity index (χ1n) is 5.82. The van der Waals surface area contributed by atoms with Gasteiger partial charge in [0.2, 0.25) is 0 Å². The molecule has 102 valence electrons. The topological polar surface area (TPSA) is 72.8 Å². The molecule has 19 heavy (non-hydrogen) atoms. The standard InChI is InChI=1S/C14H16O5/c1-18-14(17)3-2-10-19-12-7-4-11(5-8-12)6-9-13(15)16/h4-9H,2-3,10H2,1H3,(H,15,16)/b9-6+. The fourth-order valence-electron chi connectivity index (χ4n) is 1.35. The molecule has 0 heterocycles. The van der Waals surface area contributed by atoms with Gasteiger partial charge in [0.05, 0.1) is 13.7 Å². The summed E-state index contributed by atoms with van der Waals surface area (Å²) in [7, 11) is 1.35. The molecule has 5 nitrogen and oxygen atoms in total. The molecule has 0 saturated heterocycles. The van der Waals surface area contributed by atoms with Gasteiger partial charge in [-0.05, 0) is 30.2 Å². The lowest BCUT2D eigenvalue weighted by molar-refractivity contribution is -0.140. The Hall–Kier alpha value is -2.30. The van der Waals surface area contributed by atoms with Crippen LogP contribution in [-0.2, 0) is 14.3 Å². The van der Waals surface area contributed by atoms with Gasteiger partial charge < -0.3 is 14.6 Å². The molecule has 0 aliphatic heterocycles. The molecule has 1 aromatic rings. The van der Waals surface area contributed by atoms with E-state index >= 15 is 0 Å². The van der Waals surface area contributed by atoms with E-state index in [2.05, 4.69) is 4.74 Å². The first-order valence-corrected chi connectivity index (χ1v) is 5.82. The van der Waals surface area contributed by atoms with Crippen LogP contribution in [0.3, 0.4) is 0 Å². The van der Waals surface area contributed by atoms with Gasteiger partial charge in [-0.15, -0.1) is 0 Å². The third-order valence-corrected chi connectivity index (χ3v) is 2.32. The Morgan fingerprint density at radius 3 is 2.53 bits per heavy atom. The molecule has 0 fully saturated rings. The monoisotopic (exact) mass is 264 g/mol. The predicted molar refractivity (Wildman–Crippen MR) is 69.9 cm³/mol. The number of hydrogen-bond acceptors (Lipinski definition) is 4. The quantitative estimate of drug-likeness (QED) is 0.464. The smallest absolute Gasteiger partial charge is 0.328 e. The normalized spacial score (nSPS) is 10.4. The van der Waals surface area contributed by atoms with Crippen molar-refractivity contribution in [3.63, 3.8) is 0 Å². The van der Waals surface area contributed by atoms with Crippen LogP contribution in [0, 0.1) is 0 Å². The average molecular weight is 264 g/mol. The van der Waals surface area contributed by atoms with Crippen LogP contribution in [0.25, 0.3) is 6.08 Å². The minimum Gasteiger partial charge on any atom is -0.494 e. The van der Waals surface area contributed by atoms with Crippen LogP contribution < -0.4 is 4.74 Å². The highest BCUT2D eigenvalue weighted by Gasteiger charge is 2.00. The number of benzene rings is 1. The SMILES string of the molecule is COC(=O)CCCOc1ccc(/C=C/C(=O)O)cc1. The number of carboxylic acids is 1. The van der Waals surface area contributed by atoms with Crippen molar-refractivity contribution in [1.82, 2.24) is 0 Å². The summed E-state index contributed by atoms with van der Waals surface area (Å²) >= 11 is 0. The van der Waals surface area contributed by atoms with E-state index in [1.807, 2.05) is 0 Å². The fourth-order valence-corrected chi connectivity index (χ4v) is 1.35. The van der Waals surface area contributed by atoms with Crippen LogP contribution in [0.1, 0.15) is 18.4 Å². The highest BCUT2D eigenvalue weighted by atomic mass is 16.5. The van der Waals surface area contributed by atoms with E-state index in [0.717, 1.165) is 11.6 Å². The summed E-state index contributed by atoms with van der Waals surface area (Å²) in [6, 6.07) is 7.02. The van der Waals surface area contributed by atoms with Crippen LogP contribution in [0.4, 0.5) is 0 Å². The van der Waals surface area contributed by atoms with Gasteiger partial charge in [-0.3, -0.25) is 4.79 Å². The zero-order chi connectivity index (χ0) is 14.1. The Morgan fingerprint density at radius 2 is 1.95 bits per heavy atom. The molecule has 0 spiro atoms. The number of rotatable bonds is 7. The van der Waals surface area contributed by atoms with E-state index in [-0.39, 0.29) is 5.97 Å². The third kappa shape index (κ3) is 6.26. The minimum atomic E-state index is -0.983. The maximum atomic E-state index is 10.9. The van der Waals surface area contributed by atoms with Crippen molar-refractivity contribution in [3.8, 4) is 5.75 Å². The molecule has 5 heteroatoms. The van der Waals surface area contributed by atoms with Crippen molar-refractivity contribution >= 4 is 18.0 Å². The molecule has 0 bridgehead atoms. The van der Waals surface area contributed by atoms with Crippen molar-refractivity contribution in [1.29, 1.82) is 0 Å². The number of hydrogen-bond donors (Lipinski definition) is 1. The Kier molecular flexibility index (Phi) is 6.15. The highest BCUT2D eigenvalue weighted by molar-refractivity contribution is 5.85. The molecular weight excluding hydrogens is 248 g/mol. The molecule has 1 aromatic carbocycles. The van der Waals surface area contributed by atoms with Gasteiger partial charge in [0.25, 0.3) is 0 Å². The Morgan fingerprint density at radius 1 is 1.26 bits per heavy atom. The van der Waals surface area contributed by atoms with E-state index in [4.69, 9.17) is 9.84 Å². The zero-order valence-corrected chi connectivity index (χ0v) is 10.7. The van der Waals surface area contributed by atoms with Gasteiger partial charge in [0.1, 0.15) is 5.75 Å². The van der Waals surface area contributed by atoms with E-state index in [9.17, 15) is 9.59 Å². The first-order chi connectivity index (χ1) is 9.11. The number of carboxylic acid groups (broad SMARTS) is 1. The summed E-state index contributed by atoms with van der Waals surface area (Å²) in [5.41, 5.74) is 0.782. The van der Waals surface area contributed by atoms with E-state index in [0.29, 0.717) is 25.2 Å². The lowest BCUT2D eigenvalue weighted by Gasteiger charge is -2.05. The summed E-state index contributed by atoms with van der Waals surface area (Å²) in [5, 5.41) is 8.49. The molecular formula is C14H16O5. The van der Waals surface area contributed by atoms with Crippen LogP contribution >= 0.6 is 0 Å². The molecule has 0 atom stereocenters. The summed E-state index contributed by atoms with van der Waals surface area (Å²) in [5.74, 6) is -0.557. The molecule has 0 radical (unpaired) electrons. The summed E-state index contributed by atoms with van der Waals surface area (Å²) in [6.07, 6.45) is 3.50. The maximum absolute atomic E-state index is 10.9. The Bertz CT molecular complexity index is 447. The predicted octanol–water partition coefficient (Wildman–Crippen LogP) is 2.12. The molecule has 0 saturated carbocycles. The molecule has 0 amide bonds. The third-order valence-electron chi connectivity index (χ3n) is 2.32. The average Bonchev–Trinajstić information content (AvgIpc) is 2.42. The minimum absolute atomic E-state index is 0.252. The van der Waals surface area contributed by atoms with Crippen molar-refractivity contribution in [2.75, 3.05) is 13.7 Å². The summed E-state index contributed by atoms with van der Waals surface area (Å²) in [4.78, 5) is 21.2. The van der Waals surface area contributed by atoms with Crippen molar-refractivity contribution < 1.29 is 24.2 Å². The second-order valence-corrected chi connectivity index (χ2v) is 3.77. The molecule has 1 rings (SSSR count). The van der Waals surface area contributed by atoms with E-state index in [1.54, 1.807) is 24.3 Å². The van der Waals surface area contributed by atoms with Gasteiger partial charge in [0, 0.05) is 12.5 Å². The van der Waals surface area contributed by atoms with Gasteiger partial charge in [-0.1, -0.05) is 12.1 Å². The Balaban J connectivity index is 2.36. The number of ether oxygens (including phenoxy) is 2. The largest absolute Gasteiger partial charge is 0.494 e. The first kappa shape index (κ1) is 14.8. The van der Waals surface area contributed by atoms with Crippen molar-refractivity contribution in [2.45, 2.75) is 12.8 Å². The molecule has 0 aromatic heterocycles. The van der Waals surface area contributed by atoms with Crippen LogP contribution in [0.15, 0.2) is 30.3 Å². The molecule has 0 aliphatic carbocycles. The molecule has 0 aliphatic rings. The summed E-state index contributed by atoms with van der Waals surface area (Å²) < 4.78 is 9.95. The van der Waals surface area contributed by atoms with E-state index < -0.39 is 5.97 Å². The fraction of sp³-hybridized carbons (Fsp3) is 0.286. The van der Waals surface area contributed by atoms with Gasteiger partial charge in [0.15, 0.2) is 0 Å². The lowest BCUT2D eigenvalue weighted by atomic mass is 10.2. The van der Waals surface area contributed by atoms with Crippen LogP contribution in [0.2, 0.25) is 0 Å². The maximum Gasteiger partial charge on any atom is 0.328 e. The highest BCUT2D eigenvalue weighted by Crippen LogP contribution is 2.13. The van der Waals surface area contributed by atoms with Crippen LogP contribution in [0.5, 0.6) is 5.75 Å². The van der Waals surface area contributed by atoms with Crippen molar-refractivity contribution in [2.24, 2.45) is 0 Å². The van der Waals surface area contributed by atoms with Gasteiger partial charge in [-0.2, -0.15) is 0 Å². The van der Waals surface area contributed by atoms with Crippen LogP contribution in [-0.4, -0.2) is 30.8 Å². The molecule has 0 unspecified atom stereocenters. The van der Waals surface area contributed by atoms with Crippen molar-refractivity contribution in [3.05, 3.63) is 35.9 Å².